The van der Waals surface area contributed by atoms with Crippen molar-refractivity contribution in [3.05, 3.63) is 70.2 Å². The lowest BCUT2D eigenvalue weighted by Gasteiger charge is -2.34. The fourth-order valence-corrected chi connectivity index (χ4v) is 3.14. The number of benzene rings is 2. The molecule has 5 nitrogen and oxygen atoms in total. The highest BCUT2D eigenvalue weighted by Crippen LogP contribution is 2.16. The van der Waals surface area contributed by atoms with Gasteiger partial charge in [0.2, 0.25) is 5.91 Å². The van der Waals surface area contributed by atoms with Crippen LogP contribution in [0, 0.1) is 0 Å². The number of carboxylic acids is 1. The molecule has 1 saturated heterocycles. The summed E-state index contributed by atoms with van der Waals surface area (Å²) in [6.45, 7) is 3.02. The highest BCUT2D eigenvalue weighted by molar-refractivity contribution is 6.30. The molecular weight excluding hydrogens is 340 g/mol. The summed E-state index contributed by atoms with van der Waals surface area (Å²) >= 11 is 5.99. The molecule has 1 heterocycles. The molecule has 3 rings (SSSR count). The molecule has 0 bridgehead atoms. The maximum Gasteiger partial charge on any atom is 0.335 e. The zero-order valence-corrected chi connectivity index (χ0v) is 14.4. The quantitative estimate of drug-likeness (QED) is 0.892. The minimum atomic E-state index is -0.934. The molecule has 0 unspecified atom stereocenters. The number of hydrogen-bond acceptors (Lipinski definition) is 3. The van der Waals surface area contributed by atoms with Crippen LogP contribution in [0.3, 0.4) is 0 Å². The molecule has 130 valence electrons. The first-order chi connectivity index (χ1) is 12.0. The van der Waals surface area contributed by atoms with Gasteiger partial charge in [0.15, 0.2) is 0 Å². The summed E-state index contributed by atoms with van der Waals surface area (Å²) in [7, 11) is 0. The van der Waals surface area contributed by atoms with Crippen molar-refractivity contribution in [3.8, 4) is 0 Å². The van der Waals surface area contributed by atoms with Crippen LogP contribution in [0.1, 0.15) is 21.5 Å². The minimum absolute atomic E-state index is 0.0911. The van der Waals surface area contributed by atoms with E-state index >= 15 is 0 Å². The van der Waals surface area contributed by atoms with E-state index < -0.39 is 5.97 Å². The lowest BCUT2D eigenvalue weighted by Crippen LogP contribution is -2.49. The Morgan fingerprint density at radius 2 is 1.80 bits per heavy atom. The third kappa shape index (κ3) is 4.59. The number of hydrogen-bond donors (Lipinski definition) is 1. The van der Waals surface area contributed by atoms with E-state index in [0.29, 0.717) is 31.2 Å². The third-order valence-corrected chi connectivity index (χ3v) is 4.50. The molecule has 1 fully saturated rings. The van der Waals surface area contributed by atoms with Crippen LogP contribution in [0.4, 0.5) is 0 Å². The van der Waals surface area contributed by atoms with Gasteiger partial charge >= 0.3 is 5.97 Å². The van der Waals surface area contributed by atoms with Crippen molar-refractivity contribution in [1.29, 1.82) is 0 Å². The fraction of sp³-hybridized carbons (Fsp3) is 0.263. The molecule has 1 amide bonds. The largest absolute Gasteiger partial charge is 0.478 e. The van der Waals surface area contributed by atoms with Crippen molar-refractivity contribution in [3.63, 3.8) is 0 Å². The van der Waals surface area contributed by atoms with Gasteiger partial charge in [0.1, 0.15) is 0 Å². The maximum absolute atomic E-state index is 12.4. The molecule has 1 aliphatic rings. The second-order valence-corrected chi connectivity index (χ2v) is 6.59. The van der Waals surface area contributed by atoms with Crippen LogP contribution < -0.4 is 0 Å². The molecule has 0 radical (unpaired) electrons. The molecule has 2 aromatic rings. The summed E-state index contributed by atoms with van der Waals surface area (Å²) in [4.78, 5) is 27.2. The van der Waals surface area contributed by atoms with Crippen molar-refractivity contribution in [1.82, 2.24) is 9.80 Å². The number of piperazine rings is 1. The number of carbonyl (C=O) groups excluding carboxylic acids is 1. The SMILES string of the molecule is O=C(O)c1ccc(CN2CCN(Cc3cccc(Cl)c3)C(=O)C2)cc1. The number of carboxylic acid groups (broad SMARTS) is 1. The summed E-state index contributed by atoms with van der Waals surface area (Å²) in [6, 6.07) is 14.3. The van der Waals surface area contributed by atoms with Crippen LogP contribution in [0.25, 0.3) is 0 Å². The van der Waals surface area contributed by atoms with Gasteiger partial charge in [-0.2, -0.15) is 0 Å². The second-order valence-electron chi connectivity index (χ2n) is 6.16. The molecule has 25 heavy (non-hydrogen) atoms. The molecule has 0 atom stereocenters. The Balaban J connectivity index is 1.56. The van der Waals surface area contributed by atoms with Crippen LogP contribution in [0.15, 0.2) is 48.5 Å². The maximum atomic E-state index is 12.4. The highest BCUT2D eigenvalue weighted by atomic mass is 35.5. The number of rotatable bonds is 5. The van der Waals surface area contributed by atoms with Crippen LogP contribution in [0.2, 0.25) is 5.02 Å². The molecule has 1 aliphatic heterocycles. The van der Waals surface area contributed by atoms with Crippen LogP contribution in [-0.4, -0.2) is 46.4 Å². The van der Waals surface area contributed by atoms with E-state index in [1.54, 1.807) is 24.3 Å². The summed E-state index contributed by atoms with van der Waals surface area (Å²) in [6.07, 6.45) is 0. The van der Waals surface area contributed by atoms with E-state index in [4.69, 9.17) is 16.7 Å². The second kappa shape index (κ2) is 7.68. The van der Waals surface area contributed by atoms with Gasteiger partial charge in [-0.15, -0.1) is 0 Å². The first kappa shape index (κ1) is 17.5. The molecule has 6 heteroatoms. The van der Waals surface area contributed by atoms with E-state index in [2.05, 4.69) is 4.90 Å². The summed E-state index contributed by atoms with van der Waals surface area (Å²) in [5.41, 5.74) is 2.30. The van der Waals surface area contributed by atoms with Crippen molar-refractivity contribution >= 4 is 23.5 Å². The molecule has 0 saturated carbocycles. The summed E-state index contributed by atoms with van der Waals surface area (Å²) in [5.74, 6) is -0.843. The van der Waals surface area contributed by atoms with Crippen molar-refractivity contribution in [2.75, 3.05) is 19.6 Å². The van der Waals surface area contributed by atoms with Gasteiger partial charge in [0, 0.05) is 31.2 Å². The van der Waals surface area contributed by atoms with Gasteiger partial charge in [0.05, 0.1) is 12.1 Å². The predicted octanol–water partition coefficient (Wildman–Crippen LogP) is 2.88. The Bertz CT molecular complexity index is 776. The third-order valence-electron chi connectivity index (χ3n) is 4.27. The monoisotopic (exact) mass is 358 g/mol. The minimum Gasteiger partial charge on any atom is -0.478 e. The van der Waals surface area contributed by atoms with Crippen molar-refractivity contribution < 1.29 is 14.7 Å². The fourth-order valence-electron chi connectivity index (χ4n) is 2.93. The summed E-state index contributed by atoms with van der Waals surface area (Å²) < 4.78 is 0. The van der Waals surface area contributed by atoms with Gasteiger partial charge in [-0.25, -0.2) is 4.79 Å². The lowest BCUT2D eigenvalue weighted by molar-refractivity contribution is -0.136. The number of carbonyl (C=O) groups is 2. The van der Waals surface area contributed by atoms with Crippen molar-refractivity contribution in [2.45, 2.75) is 13.1 Å². The van der Waals surface area contributed by atoms with Gasteiger partial charge in [-0.05, 0) is 35.4 Å². The van der Waals surface area contributed by atoms with Gasteiger partial charge in [0.25, 0.3) is 0 Å². The predicted molar refractivity (Wildman–Crippen MR) is 95.5 cm³/mol. The van der Waals surface area contributed by atoms with E-state index in [1.165, 1.54) is 0 Å². The lowest BCUT2D eigenvalue weighted by atomic mass is 10.1. The molecule has 0 spiro atoms. The average molecular weight is 359 g/mol. The number of nitrogens with zero attached hydrogens (tertiary/aromatic N) is 2. The average Bonchev–Trinajstić information content (AvgIpc) is 2.58. The molecular formula is C19H19ClN2O3. The zero-order valence-electron chi connectivity index (χ0n) is 13.7. The van der Waals surface area contributed by atoms with E-state index in [0.717, 1.165) is 17.7 Å². The Morgan fingerprint density at radius 1 is 1.04 bits per heavy atom. The smallest absolute Gasteiger partial charge is 0.335 e. The number of aromatic carboxylic acids is 1. The Kier molecular flexibility index (Phi) is 5.36. The van der Waals surface area contributed by atoms with Gasteiger partial charge in [-0.3, -0.25) is 9.69 Å². The zero-order chi connectivity index (χ0) is 17.8. The molecule has 2 aromatic carbocycles. The molecule has 0 aromatic heterocycles. The highest BCUT2D eigenvalue weighted by Gasteiger charge is 2.24. The molecule has 0 aliphatic carbocycles. The molecule has 1 N–H and O–H groups in total. The van der Waals surface area contributed by atoms with Crippen molar-refractivity contribution in [2.24, 2.45) is 0 Å². The van der Waals surface area contributed by atoms with E-state index in [-0.39, 0.29) is 11.5 Å². The Hall–Kier alpha value is -2.37. The standard InChI is InChI=1S/C19H19ClN2O3/c20-17-3-1-2-15(10-17)12-22-9-8-21(13-18(22)23)11-14-4-6-16(7-5-14)19(24)25/h1-7,10H,8-9,11-13H2,(H,24,25). The number of halogens is 1. The van der Waals surface area contributed by atoms with E-state index in [9.17, 15) is 9.59 Å². The van der Waals surface area contributed by atoms with E-state index in [1.807, 2.05) is 29.2 Å². The Labute approximate surface area is 151 Å². The Morgan fingerprint density at radius 3 is 2.44 bits per heavy atom. The topological polar surface area (TPSA) is 60.9 Å². The van der Waals surface area contributed by atoms with Crippen LogP contribution >= 0.6 is 11.6 Å². The first-order valence-electron chi connectivity index (χ1n) is 8.08. The first-order valence-corrected chi connectivity index (χ1v) is 8.46. The van der Waals surface area contributed by atoms with Crippen LogP contribution in [0.5, 0.6) is 0 Å². The van der Waals surface area contributed by atoms with Gasteiger partial charge in [-0.1, -0.05) is 35.9 Å². The van der Waals surface area contributed by atoms with Gasteiger partial charge < -0.3 is 10.0 Å². The normalized spacial score (nSPS) is 15.4. The van der Waals surface area contributed by atoms with Crippen LogP contribution in [-0.2, 0) is 17.9 Å². The summed E-state index contributed by atoms with van der Waals surface area (Å²) in [5, 5.41) is 9.60. The number of amides is 1.